The summed E-state index contributed by atoms with van der Waals surface area (Å²) in [5.74, 6) is 0.0869. The summed E-state index contributed by atoms with van der Waals surface area (Å²) in [5, 5.41) is 6.59. The van der Waals surface area contributed by atoms with Crippen molar-refractivity contribution in [2.75, 3.05) is 44.0 Å². The smallest absolute Gasteiger partial charge is 0.416 e. The molecule has 1 aliphatic rings. The average molecular weight is 385 g/mol. The number of hydrogen-bond donors (Lipinski definition) is 0. The van der Waals surface area contributed by atoms with E-state index in [4.69, 9.17) is 4.42 Å². The van der Waals surface area contributed by atoms with E-state index in [0.717, 1.165) is 25.2 Å². The Bertz CT molecular complexity index is 764. The molecule has 0 aliphatic carbocycles. The van der Waals surface area contributed by atoms with Gasteiger partial charge in [0.1, 0.15) is 5.82 Å². The van der Waals surface area contributed by atoms with E-state index < -0.39 is 12.1 Å². The normalized spacial score (nSPS) is 18.5. The monoisotopic (exact) mass is 385 g/mol. The van der Waals surface area contributed by atoms with E-state index in [1.807, 2.05) is 41.9 Å². The highest BCUT2D eigenvalue weighted by Crippen LogP contribution is 2.28. The molecule has 0 radical (unpaired) electrons. The van der Waals surface area contributed by atoms with Crippen molar-refractivity contribution in [3.63, 3.8) is 0 Å². The van der Waals surface area contributed by atoms with Crippen LogP contribution in [0.25, 0.3) is 0 Å². The fraction of sp³-hybridized carbons (Fsp3) is 0.625. The van der Waals surface area contributed by atoms with Gasteiger partial charge in [0.25, 0.3) is 0 Å². The number of likely N-dealkylation sites (N-methyl/N-ethyl adjacent to an activating group) is 1. The first-order chi connectivity index (χ1) is 12.7. The molecule has 0 aromatic carbocycles. The van der Waals surface area contributed by atoms with Crippen LogP contribution in [0.15, 0.2) is 16.7 Å². The molecule has 2 aromatic heterocycles. The van der Waals surface area contributed by atoms with Crippen LogP contribution in [-0.4, -0.2) is 65.3 Å². The third-order valence-corrected chi connectivity index (χ3v) is 4.50. The first-order valence-corrected chi connectivity index (χ1v) is 8.59. The summed E-state index contributed by atoms with van der Waals surface area (Å²) in [5.41, 5.74) is 0. The second-order valence-electron chi connectivity index (χ2n) is 6.75. The molecule has 1 fully saturated rings. The summed E-state index contributed by atoms with van der Waals surface area (Å²) in [6, 6.07) is 1.97. The minimum absolute atomic E-state index is 0.0310. The third kappa shape index (κ3) is 4.65. The van der Waals surface area contributed by atoms with E-state index in [0.29, 0.717) is 12.5 Å². The molecule has 2 aromatic rings. The molecule has 0 amide bonds. The Morgan fingerprint density at radius 2 is 2.04 bits per heavy atom. The van der Waals surface area contributed by atoms with Gasteiger partial charge in [-0.25, -0.2) is 4.98 Å². The zero-order valence-electron chi connectivity index (χ0n) is 15.4. The molecule has 11 heteroatoms. The Morgan fingerprint density at radius 1 is 1.26 bits per heavy atom. The molecule has 148 valence electrons. The number of alkyl halides is 3. The highest BCUT2D eigenvalue weighted by atomic mass is 19.4. The van der Waals surface area contributed by atoms with E-state index in [1.165, 1.54) is 0 Å². The summed E-state index contributed by atoms with van der Waals surface area (Å²) >= 11 is 0. The third-order valence-electron chi connectivity index (χ3n) is 4.50. The fourth-order valence-electron chi connectivity index (χ4n) is 3.04. The van der Waals surface area contributed by atoms with Crippen molar-refractivity contribution < 1.29 is 17.6 Å². The number of halogens is 3. The van der Waals surface area contributed by atoms with Gasteiger partial charge in [-0.05, 0) is 25.5 Å². The lowest BCUT2D eigenvalue weighted by atomic mass is 10.0. The first-order valence-electron chi connectivity index (χ1n) is 8.59. The summed E-state index contributed by atoms with van der Waals surface area (Å²) in [7, 11) is 5.75. The van der Waals surface area contributed by atoms with Gasteiger partial charge in [-0.1, -0.05) is 0 Å². The molecule has 0 saturated carbocycles. The van der Waals surface area contributed by atoms with Crippen LogP contribution >= 0.6 is 0 Å². The first kappa shape index (κ1) is 19.3. The second kappa shape index (κ2) is 7.67. The van der Waals surface area contributed by atoms with Crippen LogP contribution in [-0.2, 0) is 12.7 Å². The number of rotatable bonds is 5. The van der Waals surface area contributed by atoms with Gasteiger partial charge in [0.05, 0.1) is 6.54 Å². The highest BCUT2D eigenvalue weighted by molar-refractivity contribution is 5.42. The molecule has 1 aliphatic heterocycles. The number of nitrogens with zero attached hydrogens (tertiary/aromatic N) is 7. The number of aromatic nitrogens is 4. The zero-order chi connectivity index (χ0) is 19.6. The molecule has 0 N–H and O–H groups in total. The minimum Gasteiger partial charge on any atom is -0.416 e. The Morgan fingerprint density at radius 3 is 2.70 bits per heavy atom. The van der Waals surface area contributed by atoms with Gasteiger partial charge in [-0.3, -0.25) is 4.90 Å². The molecule has 0 spiro atoms. The lowest BCUT2D eigenvalue weighted by Crippen LogP contribution is -2.46. The summed E-state index contributed by atoms with van der Waals surface area (Å²) in [4.78, 5) is 14.8. The predicted octanol–water partition coefficient (Wildman–Crippen LogP) is 2.05. The van der Waals surface area contributed by atoms with E-state index in [1.54, 1.807) is 6.20 Å². The number of anilines is 2. The lowest BCUT2D eigenvalue weighted by Gasteiger charge is -2.37. The van der Waals surface area contributed by atoms with Crippen LogP contribution in [0.5, 0.6) is 0 Å². The van der Waals surface area contributed by atoms with E-state index >= 15 is 0 Å². The molecule has 1 unspecified atom stereocenters. The van der Waals surface area contributed by atoms with Crippen molar-refractivity contribution in [1.29, 1.82) is 0 Å². The molecular formula is C16H22F3N7O. The maximum absolute atomic E-state index is 12.6. The van der Waals surface area contributed by atoms with Crippen molar-refractivity contribution in [2.24, 2.45) is 0 Å². The topological polar surface area (TPSA) is 74.4 Å². The molecule has 3 heterocycles. The Labute approximate surface area is 155 Å². The van der Waals surface area contributed by atoms with E-state index in [-0.39, 0.29) is 18.5 Å². The standard InChI is InChI=1S/C16H22F3N7O/c1-24(2)12-6-7-20-15(21-12)25(3)11-5-4-8-26(9-11)10-13-22-23-14(27-13)16(17,18)19/h6-7,11H,4-5,8-10H2,1-3H3. The molecular weight excluding hydrogens is 363 g/mol. The molecule has 27 heavy (non-hydrogen) atoms. The van der Waals surface area contributed by atoms with Crippen molar-refractivity contribution in [1.82, 2.24) is 25.1 Å². The maximum atomic E-state index is 12.6. The fourth-order valence-corrected chi connectivity index (χ4v) is 3.04. The van der Waals surface area contributed by atoms with Gasteiger partial charge in [0.15, 0.2) is 0 Å². The van der Waals surface area contributed by atoms with Gasteiger partial charge < -0.3 is 14.2 Å². The van der Waals surface area contributed by atoms with E-state index in [2.05, 4.69) is 20.2 Å². The minimum atomic E-state index is -4.62. The van der Waals surface area contributed by atoms with Gasteiger partial charge >= 0.3 is 12.1 Å². The SMILES string of the molecule is CN(C)c1ccnc(N(C)C2CCCN(Cc3nnc(C(F)(F)F)o3)C2)n1. The van der Waals surface area contributed by atoms with Gasteiger partial charge in [0, 0.05) is 39.9 Å². The maximum Gasteiger partial charge on any atom is 0.470 e. The number of piperidine rings is 1. The van der Waals surface area contributed by atoms with Crippen molar-refractivity contribution in [3.8, 4) is 0 Å². The second-order valence-corrected chi connectivity index (χ2v) is 6.75. The van der Waals surface area contributed by atoms with Crippen LogP contribution < -0.4 is 9.80 Å². The summed E-state index contributed by atoms with van der Waals surface area (Å²) < 4.78 is 42.5. The summed E-state index contributed by atoms with van der Waals surface area (Å²) in [6.07, 6.45) is -1.06. The highest BCUT2D eigenvalue weighted by Gasteiger charge is 2.38. The van der Waals surface area contributed by atoms with E-state index in [9.17, 15) is 13.2 Å². The van der Waals surface area contributed by atoms with Crippen LogP contribution in [0.1, 0.15) is 24.6 Å². The lowest BCUT2D eigenvalue weighted by molar-refractivity contribution is -0.157. The van der Waals surface area contributed by atoms with Crippen molar-refractivity contribution in [2.45, 2.75) is 31.6 Å². The van der Waals surface area contributed by atoms with Crippen molar-refractivity contribution >= 4 is 11.8 Å². The molecule has 1 saturated heterocycles. The quantitative estimate of drug-likeness (QED) is 0.774. The summed E-state index contributed by atoms with van der Waals surface area (Å²) in [6.45, 7) is 1.59. The van der Waals surface area contributed by atoms with Crippen LogP contribution in [0.4, 0.5) is 24.9 Å². The largest absolute Gasteiger partial charge is 0.470 e. The Kier molecular flexibility index (Phi) is 5.49. The number of hydrogen-bond acceptors (Lipinski definition) is 8. The molecule has 1 atom stereocenters. The molecule has 8 nitrogen and oxygen atoms in total. The van der Waals surface area contributed by atoms with Crippen LogP contribution in [0, 0.1) is 0 Å². The van der Waals surface area contributed by atoms with Gasteiger partial charge in [0.2, 0.25) is 11.8 Å². The van der Waals surface area contributed by atoms with Crippen LogP contribution in [0.2, 0.25) is 0 Å². The number of likely N-dealkylation sites (tertiary alicyclic amines) is 1. The molecule has 0 bridgehead atoms. The van der Waals surface area contributed by atoms with Gasteiger partial charge in [-0.15, -0.1) is 10.2 Å². The average Bonchev–Trinajstić information content (AvgIpc) is 3.10. The Hall–Kier alpha value is -2.43. The predicted molar refractivity (Wildman–Crippen MR) is 92.4 cm³/mol. The molecule has 3 rings (SSSR count). The Balaban J connectivity index is 1.65. The van der Waals surface area contributed by atoms with Crippen LogP contribution in [0.3, 0.4) is 0 Å². The van der Waals surface area contributed by atoms with Gasteiger partial charge in [-0.2, -0.15) is 18.2 Å². The zero-order valence-corrected chi connectivity index (χ0v) is 15.4. The van der Waals surface area contributed by atoms with Crippen molar-refractivity contribution in [3.05, 3.63) is 24.0 Å².